The first-order valence-electron chi connectivity index (χ1n) is 7.02. The summed E-state index contributed by atoms with van der Waals surface area (Å²) in [5.74, 6) is 0.217. The Morgan fingerprint density at radius 3 is 2.68 bits per heavy atom. The Hall–Kier alpha value is -2.61. The van der Waals surface area contributed by atoms with Gasteiger partial charge in [-0.2, -0.15) is 13.2 Å². The number of nitrogens with one attached hydrogen (secondary N) is 1. The quantitative estimate of drug-likeness (QED) is 0.870. The van der Waals surface area contributed by atoms with Gasteiger partial charge < -0.3 is 19.5 Å². The maximum absolute atomic E-state index is 12.4. The average Bonchev–Trinajstić information content (AvgIpc) is 3.00. The molecule has 3 rings (SSSR count). The fourth-order valence-electron chi connectivity index (χ4n) is 2.12. The fourth-order valence-corrected chi connectivity index (χ4v) is 2.29. The maximum Gasteiger partial charge on any atom is 0.422 e. The zero-order valence-corrected chi connectivity index (χ0v) is 13.3. The van der Waals surface area contributed by atoms with Crippen molar-refractivity contribution in [3.63, 3.8) is 0 Å². The van der Waals surface area contributed by atoms with Gasteiger partial charge in [0.1, 0.15) is 5.75 Å². The highest BCUT2D eigenvalue weighted by Gasteiger charge is 2.29. The van der Waals surface area contributed by atoms with Crippen LogP contribution in [0, 0.1) is 0 Å². The third kappa shape index (κ3) is 4.27. The van der Waals surface area contributed by atoms with Crippen molar-refractivity contribution in [1.29, 1.82) is 0 Å². The monoisotopic (exact) mass is 373 g/mol. The van der Waals surface area contributed by atoms with Gasteiger partial charge in [-0.1, -0.05) is 11.6 Å². The number of carbonyl (C=O) groups is 1. The molecule has 0 bridgehead atoms. The summed E-state index contributed by atoms with van der Waals surface area (Å²) in [5, 5.41) is 2.72. The third-order valence-electron chi connectivity index (χ3n) is 3.22. The molecule has 132 valence electrons. The summed E-state index contributed by atoms with van der Waals surface area (Å²) in [6, 6.07) is 8.46. The van der Waals surface area contributed by atoms with E-state index in [1.807, 2.05) is 0 Å². The van der Waals surface area contributed by atoms with Crippen molar-refractivity contribution in [2.45, 2.75) is 6.18 Å². The molecule has 0 aliphatic carbocycles. The topological polar surface area (TPSA) is 56.8 Å². The van der Waals surface area contributed by atoms with Crippen molar-refractivity contribution in [1.82, 2.24) is 0 Å². The molecule has 1 amide bonds. The number of halogens is 4. The largest absolute Gasteiger partial charge is 0.482 e. The molecule has 1 heterocycles. The van der Waals surface area contributed by atoms with Crippen LogP contribution in [0.5, 0.6) is 17.2 Å². The zero-order valence-electron chi connectivity index (χ0n) is 12.5. The van der Waals surface area contributed by atoms with Gasteiger partial charge in [-0.05, 0) is 36.4 Å². The number of carbonyl (C=O) groups excluding carboxylic acids is 1. The molecule has 5 nitrogen and oxygen atoms in total. The van der Waals surface area contributed by atoms with E-state index in [2.05, 4.69) is 5.32 Å². The second-order valence-corrected chi connectivity index (χ2v) is 5.50. The van der Waals surface area contributed by atoms with Gasteiger partial charge in [0.05, 0.1) is 5.69 Å². The summed E-state index contributed by atoms with van der Waals surface area (Å²) in [7, 11) is 0. The van der Waals surface area contributed by atoms with Crippen LogP contribution in [0.25, 0.3) is 0 Å². The second kappa shape index (κ2) is 6.72. The Kier molecular flexibility index (Phi) is 4.63. The molecular formula is C16H11ClF3NO4. The molecule has 2 aromatic carbocycles. The van der Waals surface area contributed by atoms with Crippen LogP contribution in [0.1, 0.15) is 10.4 Å². The standard InChI is InChI=1S/C16H11ClF3NO4/c17-10-2-4-12(23-7-16(18,19)20)11(6-10)21-15(22)9-1-3-13-14(5-9)25-8-24-13/h1-6H,7-8H2,(H,21,22). The lowest BCUT2D eigenvalue weighted by Gasteiger charge is -2.14. The van der Waals surface area contributed by atoms with E-state index in [1.54, 1.807) is 6.07 Å². The highest BCUT2D eigenvalue weighted by Crippen LogP contribution is 2.34. The summed E-state index contributed by atoms with van der Waals surface area (Å²) in [5.41, 5.74) is 0.269. The fraction of sp³-hybridized carbons (Fsp3) is 0.188. The SMILES string of the molecule is O=C(Nc1cc(Cl)ccc1OCC(F)(F)F)c1ccc2c(c1)OCO2. The van der Waals surface area contributed by atoms with Gasteiger partial charge in [0.15, 0.2) is 18.1 Å². The van der Waals surface area contributed by atoms with Crippen LogP contribution < -0.4 is 19.5 Å². The number of ether oxygens (including phenoxy) is 3. The lowest BCUT2D eigenvalue weighted by atomic mass is 10.2. The molecule has 0 saturated carbocycles. The third-order valence-corrected chi connectivity index (χ3v) is 3.45. The molecule has 0 spiro atoms. The summed E-state index contributed by atoms with van der Waals surface area (Å²) in [6.07, 6.45) is -4.50. The van der Waals surface area contributed by atoms with Gasteiger partial charge in [-0.15, -0.1) is 0 Å². The molecule has 1 aliphatic heterocycles. The van der Waals surface area contributed by atoms with Crippen LogP contribution in [-0.2, 0) is 0 Å². The average molecular weight is 374 g/mol. The number of benzene rings is 2. The van der Waals surface area contributed by atoms with Crippen molar-refractivity contribution in [3.8, 4) is 17.2 Å². The van der Waals surface area contributed by atoms with E-state index < -0.39 is 18.7 Å². The Labute approximate surface area is 145 Å². The van der Waals surface area contributed by atoms with Crippen molar-refractivity contribution >= 4 is 23.2 Å². The van der Waals surface area contributed by atoms with Crippen LogP contribution in [0.4, 0.5) is 18.9 Å². The van der Waals surface area contributed by atoms with E-state index in [-0.39, 0.29) is 28.8 Å². The Morgan fingerprint density at radius 1 is 1.16 bits per heavy atom. The van der Waals surface area contributed by atoms with Crippen LogP contribution in [0.2, 0.25) is 5.02 Å². The predicted octanol–water partition coefficient (Wildman–Crippen LogP) is 4.26. The number of rotatable bonds is 4. The van der Waals surface area contributed by atoms with Gasteiger partial charge >= 0.3 is 6.18 Å². The minimum Gasteiger partial charge on any atom is -0.482 e. The minimum atomic E-state index is -4.50. The Balaban J connectivity index is 1.79. The predicted molar refractivity (Wildman–Crippen MR) is 83.5 cm³/mol. The van der Waals surface area contributed by atoms with E-state index in [1.165, 1.54) is 30.3 Å². The van der Waals surface area contributed by atoms with E-state index in [4.69, 9.17) is 25.8 Å². The minimum absolute atomic E-state index is 0.0272. The first kappa shape index (κ1) is 17.2. The molecular weight excluding hydrogens is 363 g/mol. The number of fused-ring (bicyclic) bond motifs is 1. The number of hydrogen-bond donors (Lipinski definition) is 1. The highest BCUT2D eigenvalue weighted by molar-refractivity contribution is 6.31. The van der Waals surface area contributed by atoms with E-state index in [0.29, 0.717) is 11.5 Å². The lowest BCUT2D eigenvalue weighted by Crippen LogP contribution is -2.20. The molecule has 2 aromatic rings. The first-order chi connectivity index (χ1) is 11.8. The van der Waals surface area contributed by atoms with Crippen LogP contribution >= 0.6 is 11.6 Å². The number of alkyl halides is 3. The molecule has 1 aliphatic rings. The molecule has 0 aromatic heterocycles. The molecule has 0 saturated heterocycles. The van der Waals surface area contributed by atoms with Crippen LogP contribution in [0.3, 0.4) is 0 Å². The van der Waals surface area contributed by atoms with Crippen LogP contribution in [-0.4, -0.2) is 25.5 Å². The lowest BCUT2D eigenvalue weighted by molar-refractivity contribution is -0.153. The zero-order chi connectivity index (χ0) is 18.0. The Morgan fingerprint density at radius 2 is 1.92 bits per heavy atom. The maximum atomic E-state index is 12.4. The summed E-state index contributed by atoms with van der Waals surface area (Å²) in [4.78, 5) is 12.4. The van der Waals surface area contributed by atoms with Crippen molar-refractivity contribution in [3.05, 3.63) is 47.0 Å². The van der Waals surface area contributed by atoms with E-state index in [9.17, 15) is 18.0 Å². The number of anilines is 1. The van der Waals surface area contributed by atoms with Crippen molar-refractivity contribution in [2.75, 3.05) is 18.7 Å². The molecule has 9 heteroatoms. The molecule has 25 heavy (non-hydrogen) atoms. The normalized spacial score (nSPS) is 12.8. The smallest absolute Gasteiger partial charge is 0.422 e. The van der Waals surface area contributed by atoms with Gasteiger partial charge in [-0.3, -0.25) is 4.79 Å². The van der Waals surface area contributed by atoms with E-state index >= 15 is 0 Å². The second-order valence-electron chi connectivity index (χ2n) is 5.07. The number of hydrogen-bond acceptors (Lipinski definition) is 4. The van der Waals surface area contributed by atoms with Gasteiger partial charge in [0.25, 0.3) is 5.91 Å². The van der Waals surface area contributed by atoms with Crippen molar-refractivity contribution < 1.29 is 32.2 Å². The molecule has 1 N–H and O–H groups in total. The summed E-state index contributed by atoms with van der Waals surface area (Å²) < 4.78 is 52.1. The van der Waals surface area contributed by atoms with Gasteiger partial charge in [0.2, 0.25) is 6.79 Å². The number of amides is 1. The first-order valence-corrected chi connectivity index (χ1v) is 7.40. The van der Waals surface area contributed by atoms with Gasteiger partial charge in [0, 0.05) is 10.6 Å². The summed E-state index contributed by atoms with van der Waals surface area (Å²) >= 11 is 5.85. The summed E-state index contributed by atoms with van der Waals surface area (Å²) in [6.45, 7) is -1.42. The van der Waals surface area contributed by atoms with Gasteiger partial charge in [-0.25, -0.2) is 0 Å². The van der Waals surface area contributed by atoms with Crippen LogP contribution in [0.15, 0.2) is 36.4 Å². The molecule has 0 atom stereocenters. The van der Waals surface area contributed by atoms with Crippen molar-refractivity contribution in [2.24, 2.45) is 0 Å². The molecule has 0 unspecified atom stereocenters. The Bertz CT molecular complexity index is 810. The molecule has 0 fully saturated rings. The molecule has 0 radical (unpaired) electrons. The van der Waals surface area contributed by atoms with E-state index in [0.717, 1.165) is 0 Å². The highest BCUT2D eigenvalue weighted by atomic mass is 35.5.